The van der Waals surface area contributed by atoms with Gasteiger partial charge in [0.05, 0.1) is 0 Å². The highest BCUT2D eigenvalue weighted by molar-refractivity contribution is 5.02. The third kappa shape index (κ3) is 2.46. The van der Waals surface area contributed by atoms with Gasteiger partial charge in [0.25, 0.3) is 0 Å². The van der Waals surface area contributed by atoms with E-state index >= 15 is 0 Å². The first kappa shape index (κ1) is 8.43. The fourth-order valence-electron chi connectivity index (χ4n) is 0.513. The molecule has 0 amide bonds. The molecule has 0 aliphatic heterocycles. The Kier molecular flexibility index (Phi) is 3.24. The zero-order valence-electron chi connectivity index (χ0n) is 5.21. The lowest BCUT2D eigenvalue weighted by Gasteiger charge is -1.84. The number of hydrogen-bond acceptors (Lipinski definition) is 1. The number of nitrogen functional groups attached to an aromatic ring is 1. The minimum Gasteiger partial charge on any atom is -1.00 e. The van der Waals surface area contributed by atoms with E-state index in [1.165, 1.54) is 10.2 Å². The van der Waals surface area contributed by atoms with Crippen LogP contribution in [-0.2, 0) is 0 Å². The molecule has 1 rings (SSSR count). The normalized spacial score (nSPS) is 8.11. The van der Waals surface area contributed by atoms with Gasteiger partial charge in [-0.25, -0.2) is 5.84 Å². The van der Waals surface area contributed by atoms with Crippen LogP contribution in [0.5, 0.6) is 0 Å². The maximum atomic E-state index is 5.34. The van der Waals surface area contributed by atoms with Gasteiger partial charge in [0.1, 0.15) is 0 Å². The number of nitrogens with zero attached hydrogens (tertiary/aromatic N) is 1. The first-order valence-electron chi connectivity index (χ1n) is 2.52. The molecule has 0 spiro atoms. The van der Waals surface area contributed by atoms with Gasteiger partial charge in [0.15, 0.2) is 12.4 Å². The Morgan fingerprint density at radius 2 is 1.78 bits per heavy atom. The molecular formula is C6H9BrN2. The van der Waals surface area contributed by atoms with Crippen LogP contribution in [0.25, 0.3) is 0 Å². The number of aromatic nitrogens is 1. The van der Waals surface area contributed by atoms with Crippen molar-refractivity contribution in [3.8, 4) is 0 Å². The second-order valence-corrected chi connectivity index (χ2v) is 1.82. The highest BCUT2D eigenvalue weighted by Crippen LogP contribution is 1.87. The van der Waals surface area contributed by atoms with E-state index in [4.69, 9.17) is 5.84 Å². The van der Waals surface area contributed by atoms with Gasteiger partial charge in [-0.05, 0) is 12.5 Å². The minimum absolute atomic E-state index is 0. The van der Waals surface area contributed by atoms with Crippen molar-refractivity contribution in [3.05, 3.63) is 30.1 Å². The lowest BCUT2D eigenvalue weighted by molar-refractivity contribution is -0.639. The maximum absolute atomic E-state index is 5.34. The molecule has 1 aromatic heterocycles. The lowest BCUT2D eigenvalue weighted by Crippen LogP contribution is -3.00. The Hall–Kier alpha value is -0.570. The van der Waals surface area contributed by atoms with Crippen LogP contribution in [0.15, 0.2) is 24.5 Å². The van der Waals surface area contributed by atoms with E-state index in [1.54, 1.807) is 0 Å². The molecular weight excluding hydrogens is 180 g/mol. The van der Waals surface area contributed by atoms with Crippen LogP contribution in [-0.4, -0.2) is 0 Å². The molecule has 0 atom stereocenters. The summed E-state index contributed by atoms with van der Waals surface area (Å²) < 4.78 is 1.52. The van der Waals surface area contributed by atoms with E-state index in [-0.39, 0.29) is 17.0 Å². The molecule has 0 unspecified atom stereocenters. The van der Waals surface area contributed by atoms with Crippen molar-refractivity contribution in [1.29, 1.82) is 0 Å². The van der Waals surface area contributed by atoms with Crippen LogP contribution in [0.4, 0.5) is 0 Å². The summed E-state index contributed by atoms with van der Waals surface area (Å²) in [6.45, 7) is 2.03. The van der Waals surface area contributed by atoms with Gasteiger partial charge < -0.3 is 17.0 Å². The van der Waals surface area contributed by atoms with Crippen molar-refractivity contribution in [2.75, 3.05) is 5.84 Å². The predicted octanol–water partition coefficient (Wildman–Crippen LogP) is -3.00. The summed E-state index contributed by atoms with van der Waals surface area (Å²) >= 11 is 0. The lowest BCUT2D eigenvalue weighted by atomic mass is 10.3. The van der Waals surface area contributed by atoms with Crippen LogP contribution in [0.3, 0.4) is 0 Å². The van der Waals surface area contributed by atoms with Crippen molar-refractivity contribution < 1.29 is 21.7 Å². The van der Waals surface area contributed by atoms with Crippen molar-refractivity contribution in [2.24, 2.45) is 0 Å². The second-order valence-electron chi connectivity index (χ2n) is 1.82. The number of nitrogens with two attached hydrogens (primary N) is 1. The molecule has 0 saturated carbocycles. The SMILES string of the molecule is Cc1cc[n+](N)cc1.[Br-]. The average molecular weight is 189 g/mol. The molecule has 2 nitrogen and oxygen atoms in total. The van der Waals surface area contributed by atoms with Gasteiger partial charge in [-0.15, -0.1) is 0 Å². The predicted molar refractivity (Wildman–Crippen MR) is 31.5 cm³/mol. The molecule has 1 aromatic rings. The Morgan fingerprint density at radius 1 is 1.33 bits per heavy atom. The molecule has 0 saturated heterocycles. The summed E-state index contributed by atoms with van der Waals surface area (Å²) in [5.74, 6) is 5.34. The first-order chi connectivity index (χ1) is 3.79. The molecule has 0 aliphatic rings. The van der Waals surface area contributed by atoms with Gasteiger partial charge >= 0.3 is 0 Å². The van der Waals surface area contributed by atoms with Crippen molar-refractivity contribution in [1.82, 2.24) is 0 Å². The zero-order chi connectivity index (χ0) is 5.98. The van der Waals surface area contributed by atoms with Gasteiger partial charge in [0, 0.05) is 12.1 Å². The molecule has 0 aromatic carbocycles. The zero-order valence-corrected chi connectivity index (χ0v) is 6.80. The topological polar surface area (TPSA) is 29.9 Å². The third-order valence-electron chi connectivity index (χ3n) is 1.02. The molecule has 9 heavy (non-hydrogen) atoms. The number of pyridine rings is 1. The Balaban J connectivity index is 0.000000640. The van der Waals surface area contributed by atoms with Crippen molar-refractivity contribution in [2.45, 2.75) is 6.92 Å². The second kappa shape index (κ2) is 3.45. The summed E-state index contributed by atoms with van der Waals surface area (Å²) in [4.78, 5) is 0. The fraction of sp³-hybridized carbons (Fsp3) is 0.167. The van der Waals surface area contributed by atoms with Crippen LogP contribution >= 0.6 is 0 Å². The van der Waals surface area contributed by atoms with Gasteiger partial charge in [-0.1, -0.05) is 4.68 Å². The van der Waals surface area contributed by atoms with E-state index in [2.05, 4.69) is 0 Å². The monoisotopic (exact) mass is 188 g/mol. The van der Waals surface area contributed by atoms with E-state index in [1.807, 2.05) is 31.5 Å². The Morgan fingerprint density at radius 3 is 2.11 bits per heavy atom. The molecule has 50 valence electrons. The molecule has 3 heteroatoms. The van der Waals surface area contributed by atoms with Crippen molar-refractivity contribution >= 4 is 0 Å². The molecule has 2 N–H and O–H groups in total. The molecule has 0 fully saturated rings. The van der Waals surface area contributed by atoms with E-state index in [0.29, 0.717) is 0 Å². The highest BCUT2D eigenvalue weighted by Gasteiger charge is 1.87. The molecule has 0 bridgehead atoms. The third-order valence-corrected chi connectivity index (χ3v) is 1.02. The van der Waals surface area contributed by atoms with Gasteiger partial charge in [-0.3, -0.25) is 0 Å². The highest BCUT2D eigenvalue weighted by atomic mass is 79.9. The molecule has 0 radical (unpaired) electrons. The van der Waals surface area contributed by atoms with E-state index < -0.39 is 0 Å². The van der Waals surface area contributed by atoms with E-state index in [9.17, 15) is 0 Å². The van der Waals surface area contributed by atoms with Crippen LogP contribution in [0, 0.1) is 6.92 Å². The van der Waals surface area contributed by atoms with Gasteiger partial charge in [-0.2, -0.15) is 0 Å². The summed E-state index contributed by atoms with van der Waals surface area (Å²) in [5.41, 5.74) is 1.23. The fourth-order valence-corrected chi connectivity index (χ4v) is 0.513. The Labute approximate surface area is 65.0 Å². The van der Waals surface area contributed by atoms with E-state index in [0.717, 1.165) is 0 Å². The minimum atomic E-state index is 0. The quantitative estimate of drug-likeness (QED) is 0.342. The summed E-state index contributed by atoms with van der Waals surface area (Å²) in [5, 5.41) is 0. The van der Waals surface area contributed by atoms with Crippen molar-refractivity contribution in [3.63, 3.8) is 0 Å². The summed E-state index contributed by atoms with van der Waals surface area (Å²) in [6.07, 6.45) is 3.63. The summed E-state index contributed by atoms with van der Waals surface area (Å²) in [7, 11) is 0. The molecule has 0 aliphatic carbocycles. The largest absolute Gasteiger partial charge is 1.00 e. The Bertz CT molecular complexity index is 150. The maximum Gasteiger partial charge on any atom is 0.199 e. The number of aryl methyl sites for hydroxylation is 1. The van der Waals surface area contributed by atoms with Gasteiger partial charge in [0.2, 0.25) is 0 Å². The standard InChI is InChI=1S/C6H9N2.BrH/c1-6-2-4-8(7)5-3-6;/h2-5H,7H2,1H3;1H/q+1;/p-1. The van der Waals surface area contributed by atoms with Crippen LogP contribution in [0.2, 0.25) is 0 Å². The number of halogens is 1. The smallest absolute Gasteiger partial charge is 0.199 e. The van der Waals surface area contributed by atoms with Crippen LogP contribution in [0.1, 0.15) is 5.56 Å². The average Bonchev–Trinajstić information content (AvgIpc) is 1.77. The number of hydrogen-bond donors (Lipinski definition) is 1. The molecule has 1 heterocycles. The first-order valence-corrected chi connectivity index (χ1v) is 2.52. The van der Waals surface area contributed by atoms with Crippen LogP contribution < -0.4 is 27.5 Å². The number of rotatable bonds is 0. The summed E-state index contributed by atoms with van der Waals surface area (Å²) in [6, 6.07) is 3.92.